The van der Waals surface area contributed by atoms with E-state index in [1.165, 1.54) is 38.2 Å². The van der Waals surface area contributed by atoms with E-state index < -0.39 is 0 Å². The van der Waals surface area contributed by atoms with Crippen molar-refractivity contribution in [2.24, 2.45) is 9.98 Å². The molecule has 0 atom stereocenters. The standard InChI is InChI=1S/C50H34N2O/c1-32-28-45(40-26-25-38-29-37(23-24-39(38)30-40)33-12-4-2-5-13-33)51-50(52-48(32)41-27-22-34-14-8-9-17-36(34)31-41)44-20-11-21-46-47(44)43-19-10-18-42(49(43)53-46)35-15-6-3-7-16-35/h2-27,29-31H,28H2,1H3. The number of hydrogen-bond acceptors (Lipinski definition) is 3. The van der Waals surface area contributed by atoms with Crippen LogP contribution in [0.1, 0.15) is 30.0 Å². The highest BCUT2D eigenvalue weighted by Crippen LogP contribution is 2.39. The lowest BCUT2D eigenvalue weighted by Gasteiger charge is -2.10. The van der Waals surface area contributed by atoms with Gasteiger partial charge in [-0.1, -0.05) is 152 Å². The van der Waals surface area contributed by atoms with E-state index in [4.69, 9.17) is 14.4 Å². The lowest BCUT2D eigenvalue weighted by atomic mass is 9.95. The van der Waals surface area contributed by atoms with Crippen LogP contribution in [-0.2, 0) is 0 Å². The molecule has 10 rings (SSSR count). The number of allylic oxidation sites excluding steroid dienone is 1. The van der Waals surface area contributed by atoms with Gasteiger partial charge < -0.3 is 4.42 Å². The van der Waals surface area contributed by atoms with Crippen molar-refractivity contribution >= 4 is 60.7 Å². The van der Waals surface area contributed by atoms with Gasteiger partial charge in [0.2, 0.25) is 0 Å². The summed E-state index contributed by atoms with van der Waals surface area (Å²) in [6.07, 6.45) is 0.670. The van der Waals surface area contributed by atoms with Crippen molar-refractivity contribution in [1.29, 1.82) is 0 Å². The molecule has 8 aromatic carbocycles. The maximum absolute atomic E-state index is 6.67. The first-order valence-electron chi connectivity index (χ1n) is 18.1. The fourth-order valence-electron chi connectivity index (χ4n) is 7.78. The highest BCUT2D eigenvalue weighted by atomic mass is 16.3. The van der Waals surface area contributed by atoms with Gasteiger partial charge in [0.05, 0.1) is 11.4 Å². The van der Waals surface area contributed by atoms with Crippen LogP contribution in [-0.4, -0.2) is 11.5 Å². The molecule has 0 saturated carbocycles. The summed E-state index contributed by atoms with van der Waals surface area (Å²) < 4.78 is 6.67. The smallest absolute Gasteiger partial charge is 0.160 e. The average Bonchev–Trinajstić information content (AvgIpc) is 3.52. The summed E-state index contributed by atoms with van der Waals surface area (Å²) in [7, 11) is 0. The predicted molar refractivity (Wildman–Crippen MR) is 223 cm³/mol. The zero-order valence-electron chi connectivity index (χ0n) is 29.3. The zero-order valence-corrected chi connectivity index (χ0v) is 29.3. The zero-order chi connectivity index (χ0) is 35.3. The first-order valence-corrected chi connectivity index (χ1v) is 18.1. The summed E-state index contributed by atoms with van der Waals surface area (Å²) in [4.78, 5) is 10.9. The van der Waals surface area contributed by atoms with Crippen LogP contribution in [0, 0.1) is 0 Å². The van der Waals surface area contributed by atoms with Gasteiger partial charge in [0.15, 0.2) is 5.84 Å². The molecule has 250 valence electrons. The average molecular weight is 679 g/mol. The Balaban J connectivity index is 1.16. The number of amidine groups is 1. The number of furan rings is 1. The molecule has 0 aliphatic carbocycles. The van der Waals surface area contributed by atoms with Gasteiger partial charge in [0.1, 0.15) is 11.2 Å². The molecule has 0 N–H and O–H groups in total. The van der Waals surface area contributed by atoms with Crippen LogP contribution in [0.2, 0.25) is 0 Å². The summed E-state index contributed by atoms with van der Waals surface area (Å²) in [5.41, 5.74) is 12.5. The van der Waals surface area contributed by atoms with Crippen LogP contribution in [0.25, 0.3) is 71.4 Å². The van der Waals surface area contributed by atoms with Gasteiger partial charge >= 0.3 is 0 Å². The molecule has 3 nitrogen and oxygen atoms in total. The monoisotopic (exact) mass is 678 g/mol. The lowest BCUT2D eigenvalue weighted by molar-refractivity contribution is 0.670. The quantitative estimate of drug-likeness (QED) is 0.179. The van der Waals surface area contributed by atoms with Crippen LogP contribution in [0.3, 0.4) is 0 Å². The van der Waals surface area contributed by atoms with Crippen molar-refractivity contribution in [3.8, 4) is 22.3 Å². The molecule has 2 heterocycles. The molecule has 0 fully saturated rings. The third-order valence-electron chi connectivity index (χ3n) is 10.4. The fourth-order valence-corrected chi connectivity index (χ4v) is 7.78. The van der Waals surface area contributed by atoms with Gasteiger partial charge in [-0.15, -0.1) is 0 Å². The van der Waals surface area contributed by atoms with E-state index in [0.717, 1.165) is 61.2 Å². The molecule has 0 saturated heterocycles. The van der Waals surface area contributed by atoms with Crippen LogP contribution < -0.4 is 0 Å². The van der Waals surface area contributed by atoms with Crippen molar-refractivity contribution in [2.75, 3.05) is 0 Å². The van der Waals surface area contributed by atoms with Crippen molar-refractivity contribution in [1.82, 2.24) is 0 Å². The third kappa shape index (κ3) is 5.55. The lowest BCUT2D eigenvalue weighted by Crippen LogP contribution is -2.06. The van der Waals surface area contributed by atoms with E-state index >= 15 is 0 Å². The Bertz CT molecular complexity index is 2970. The van der Waals surface area contributed by atoms with Crippen molar-refractivity contribution in [3.05, 3.63) is 198 Å². The molecule has 0 spiro atoms. The first-order chi connectivity index (χ1) is 26.2. The summed E-state index contributed by atoms with van der Waals surface area (Å²) in [5, 5.41) is 6.85. The molecule has 1 aromatic heterocycles. The van der Waals surface area contributed by atoms with E-state index in [1.54, 1.807) is 0 Å². The number of nitrogens with zero attached hydrogens (tertiary/aromatic N) is 2. The number of hydrogen-bond donors (Lipinski definition) is 0. The van der Waals surface area contributed by atoms with Gasteiger partial charge in [-0.25, -0.2) is 9.98 Å². The van der Waals surface area contributed by atoms with Gasteiger partial charge in [0, 0.05) is 33.9 Å². The molecule has 0 radical (unpaired) electrons. The van der Waals surface area contributed by atoms with Crippen molar-refractivity contribution in [3.63, 3.8) is 0 Å². The van der Waals surface area contributed by atoms with Crippen LogP contribution in [0.15, 0.2) is 196 Å². The molecule has 3 heteroatoms. The first kappa shape index (κ1) is 30.9. The van der Waals surface area contributed by atoms with Gasteiger partial charge in [0.25, 0.3) is 0 Å². The number of aliphatic imine (C=N–C) groups is 2. The number of rotatable bonds is 5. The fraction of sp³-hybridized carbons (Fsp3) is 0.0400. The summed E-state index contributed by atoms with van der Waals surface area (Å²) >= 11 is 0. The topological polar surface area (TPSA) is 37.9 Å². The number of para-hydroxylation sites is 1. The van der Waals surface area contributed by atoms with E-state index in [0.29, 0.717) is 12.3 Å². The van der Waals surface area contributed by atoms with Gasteiger partial charge in [-0.2, -0.15) is 0 Å². The highest BCUT2D eigenvalue weighted by molar-refractivity contribution is 6.24. The normalized spacial score (nSPS) is 13.5. The largest absolute Gasteiger partial charge is 0.455 e. The Hall–Kier alpha value is -6.84. The molecule has 0 unspecified atom stereocenters. The maximum atomic E-state index is 6.67. The number of fused-ring (bicyclic) bond motifs is 5. The molecular formula is C50H34N2O. The Labute approximate surface area is 307 Å². The van der Waals surface area contributed by atoms with Crippen LogP contribution in [0.4, 0.5) is 0 Å². The summed E-state index contributed by atoms with van der Waals surface area (Å²) in [6, 6.07) is 62.1. The van der Waals surface area contributed by atoms with Gasteiger partial charge in [-0.05, 0) is 80.6 Å². The maximum Gasteiger partial charge on any atom is 0.160 e. The molecule has 1 aliphatic heterocycles. The predicted octanol–water partition coefficient (Wildman–Crippen LogP) is 13.3. The van der Waals surface area contributed by atoms with Crippen LogP contribution in [0.5, 0.6) is 0 Å². The number of benzene rings is 8. The Morgan fingerprint density at radius 2 is 1.06 bits per heavy atom. The molecule has 53 heavy (non-hydrogen) atoms. The molecule has 0 amide bonds. The SMILES string of the molecule is CC1=C(c2ccc3ccccc3c2)N=C(c2cccc3oc4c(-c5ccccc5)cccc4c23)N=C(c2ccc3cc(-c4ccccc4)ccc3c2)C1. The Morgan fingerprint density at radius 3 is 1.87 bits per heavy atom. The second-order valence-electron chi connectivity index (χ2n) is 13.8. The van der Waals surface area contributed by atoms with Crippen LogP contribution >= 0.6 is 0 Å². The summed E-state index contributed by atoms with van der Waals surface area (Å²) in [6.45, 7) is 2.19. The van der Waals surface area contributed by atoms with E-state index in [1.807, 2.05) is 12.1 Å². The molecule has 0 bridgehead atoms. The second kappa shape index (κ2) is 12.7. The minimum atomic E-state index is 0.670. The van der Waals surface area contributed by atoms with Crippen molar-refractivity contribution < 1.29 is 4.42 Å². The van der Waals surface area contributed by atoms with Crippen molar-refractivity contribution in [2.45, 2.75) is 13.3 Å². The minimum Gasteiger partial charge on any atom is -0.455 e. The van der Waals surface area contributed by atoms with E-state index in [2.05, 4.69) is 171 Å². The summed E-state index contributed by atoms with van der Waals surface area (Å²) in [5.74, 6) is 0.679. The Kier molecular flexibility index (Phi) is 7.43. The molecule has 1 aliphatic rings. The van der Waals surface area contributed by atoms with E-state index in [-0.39, 0.29) is 0 Å². The second-order valence-corrected chi connectivity index (χ2v) is 13.8. The van der Waals surface area contributed by atoms with Gasteiger partial charge in [-0.3, -0.25) is 0 Å². The minimum absolute atomic E-state index is 0.670. The highest BCUT2D eigenvalue weighted by Gasteiger charge is 2.22. The molecule has 9 aromatic rings. The Morgan fingerprint density at radius 1 is 0.453 bits per heavy atom. The third-order valence-corrected chi connectivity index (χ3v) is 10.4. The van der Waals surface area contributed by atoms with E-state index in [9.17, 15) is 0 Å². The molecular weight excluding hydrogens is 645 g/mol.